The second kappa shape index (κ2) is 6.40. The zero-order chi connectivity index (χ0) is 18.3. The van der Waals surface area contributed by atoms with Gasteiger partial charge in [0.2, 0.25) is 5.95 Å². The van der Waals surface area contributed by atoms with Crippen molar-refractivity contribution in [3.63, 3.8) is 0 Å². The number of H-pyrrole nitrogens is 1. The minimum absolute atomic E-state index is 0.0419. The molecule has 0 bridgehead atoms. The van der Waals surface area contributed by atoms with Gasteiger partial charge in [-0.25, -0.2) is 14.4 Å². The lowest BCUT2D eigenvalue weighted by Crippen LogP contribution is -2.38. The van der Waals surface area contributed by atoms with E-state index in [2.05, 4.69) is 15.0 Å². The van der Waals surface area contributed by atoms with Gasteiger partial charge < -0.3 is 15.6 Å². The molecule has 4 rings (SSSR count). The van der Waals surface area contributed by atoms with Gasteiger partial charge in [-0.1, -0.05) is 0 Å². The number of anilines is 1. The van der Waals surface area contributed by atoms with E-state index < -0.39 is 0 Å². The minimum atomic E-state index is -0.302. The lowest BCUT2D eigenvalue weighted by atomic mass is 9.93. The number of carbonyl (C=O) groups is 1. The average molecular weight is 353 g/mol. The number of hydrogen-bond acceptors (Lipinski definition) is 4. The predicted octanol–water partition coefficient (Wildman–Crippen LogP) is 3.01. The topological polar surface area (TPSA) is 87.9 Å². The van der Waals surface area contributed by atoms with Crippen LogP contribution in [0.25, 0.3) is 10.9 Å². The molecule has 3 heterocycles. The molecule has 3 aromatic rings. The first-order valence-corrected chi connectivity index (χ1v) is 8.68. The molecule has 1 saturated heterocycles. The molecule has 1 fully saturated rings. The number of piperidine rings is 1. The van der Waals surface area contributed by atoms with Gasteiger partial charge in [0.15, 0.2) is 0 Å². The highest BCUT2D eigenvalue weighted by Gasteiger charge is 2.27. The number of likely N-dealkylation sites (tertiary alicyclic amines) is 1. The Morgan fingerprint density at radius 2 is 2.08 bits per heavy atom. The Bertz CT molecular complexity index is 975. The Hall–Kier alpha value is -2.96. The molecule has 0 aliphatic carbocycles. The summed E-state index contributed by atoms with van der Waals surface area (Å²) in [6.45, 7) is 3.15. The van der Waals surface area contributed by atoms with Crippen LogP contribution in [-0.2, 0) is 0 Å². The summed E-state index contributed by atoms with van der Waals surface area (Å²) in [6, 6.07) is 6.41. The molecule has 0 saturated carbocycles. The molecule has 26 heavy (non-hydrogen) atoms. The quantitative estimate of drug-likeness (QED) is 0.741. The highest BCUT2D eigenvalue weighted by Crippen LogP contribution is 2.29. The summed E-state index contributed by atoms with van der Waals surface area (Å²) in [5.74, 6) is 0.215. The Labute approximate surface area is 150 Å². The number of rotatable bonds is 2. The first-order chi connectivity index (χ1) is 12.5. The van der Waals surface area contributed by atoms with Crippen molar-refractivity contribution in [2.45, 2.75) is 25.7 Å². The standard InChI is InChI=1S/C19H20FN5O/c1-11-14-10-13(20)2-3-16(14)23-17(11)18(26)25-8-5-12(6-9-25)15-4-7-22-19(21)24-15/h2-4,7,10,12,23H,5-6,8-9H2,1H3,(H2,21,22,24). The molecule has 1 aliphatic heterocycles. The predicted molar refractivity (Wildman–Crippen MR) is 97.3 cm³/mol. The molecule has 7 heteroatoms. The first-order valence-electron chi connectivity index (χ1n) is 8.68. The van der Waals surface area contributed by atoms with E-state index >= 15 is 0 Å². The van der Waals surface area contributed by atoms with Gasteiger partial charge in [0.1, 0.15) is 11.5 Å². The van der Waals surface area contributed by atoms with Gasteiger partial charge in [-0.15, -0.1) is 0 Å². The van der Waals surface area contributed by atoms with Crippen molar-refractivity contribution in [3.05, 3.63) is 53.2 Å². The second-order valence-corrected chi connectivity index (χ2v) is 6.72. The summed E-state index contributed by atoms with van der Waals surface area (Å²) in [4.78, 5) is 26.1. The van der Waals surface area contributed by atoms with Gasteiger partial charge in [-0.2, -0.15) is 0 Å². The number of aryl methyl sites for hydroxylation is 1. The molecule has 0 spiro atoms. The van der Waals surface area contributed by atoms with Crippen LogP contribution in [0.4, 0.5) is 10.3 Å². The number of nitrogens with one attached hydrogen (secondary N) is 1. The number of hydrogen-bond donors (Lipinski definition) is 2. The molecule has 0 radical (unpaired) electrons. The normalized spacial score (nSPS) is 15.5. The summed E-state index contributed by atoms with van der Waals surface area (Å²) < 4.78 is 13.5. The molecular weight excluding hydrogens is 333 g/mol. The molecule has 2 aromatic heterocycles. The number of nitrogen functional groups attached to an aromatic ring is 1. The monoisotopic (exact) mass is 353 g/mol. The van der Waals surface area contributed by atoms with Crippen molar-refractivity contribution in [1.82, 2.24) is 19.9 Å². The Balaban J connectivity index is 1.51. The summed E-state index contributed by atoms with van der Waals surface area (Å²) >= 11 is 0. The number of aromatic amines is 1. The second-order valence-electron chi connectivity index (χ2n) is 6.72. The van der Waals surface area contributed by atoms with E-state index in [1.807, 2.05) is 17.9 Å². The van der Waals surface area contributed by atoms with Gasteiger partial charge in [0.05, 0.1) is 0 Å². The Morgan fingerprint density at radius 1 is 1.31 bits per heavy atom. The molecule has 1 aromatic carbocycles. The number of aromatic nitrogens is 3. The van der Waals surface area contributed by atoms with Gasteiger partial charge in [-0.05, 0) is 49.6 Å². The van der Waals surface area contributed by atoms with Crippen molar-refractivity contribution in [1.29, 1.82) is 0 Å². The van der Waals surface area contributed by atoms with Gasteiger partial charge >= 0.3 is 0 Å². The Morgan fingerprint density at radius 3 is 2.81 bits per heavy atom. The van der Waals surface area contributed by atoms with Crippen LogP contribution in [-0.4, -0.2) is 38.8 Å². The summed E-state index contributed by atoms with van der Waals surface area (Å²) in [6.07, 6.45) is 3.33. The maximum absolute atomic E-state index is 13.5. The maximum atomic E-state index is 13.5. The van der Waals surface area contributed by atoms with Crippen LogP contribution in [0.2, 0.25) is 0 Å². The highest BCUT2D eigenvalue weighted by atomic mass is 19.1. The van der Waals surface area contributed by atoms with Crippen LogP contribution in [0, 0.1) is 12.7 Å². The lowest BCUT2D eigenvalue weighted by Gasteiger charge is -2.31. The van der Waals surface area contributed by atoms with Crippen LogP contribution in [0.3, 0.4) is 0 Å². The molecule has 0 unspecified atom stereocenters. The molecule has 1 aliphatic rings. The van der Waals surface area contributed by atoms with Crippen molar-refractivity contribution < 1.29 is 9.18 Å². The smallest absolute Gasteiger partial charge is 0.270 e. The number of fused-ring (bicyclic) bond motifs is 1. The highest BCUT2D eigenvalue weighted by molar-refractivity contribution is 6.00. The molecule has 134 valence electrons. The van der Waals surface area contributed by atoms with Crippen molar-refractivity contribution >= 4 is 22.8 Å². The maximum Gasteiger partial charge on any atom is 0.270 e. The average Bonchev–Trinajstić information content (AvgIpc) is 2.97. The minimum Gasteiger partial charge on any atom is -0.368 e. The van der Waals surface area contributed by atoms with Gasteiger partial charge in [0, 0.05) is 41.8 Å². The SMILES string of the molecule is Cc1c(C(=O)N2CCC(c3ccnc(N)n3)CC2)[nH]c2ccc(F)cc12. The van der Waals surface area contributed by atoms with Crippen LogP contribution in [0.5, 0.6) is 0 Å². The van der Waals surface area contributed by atoms with E-state index in [0.717, 1.165) is 35.0 Å². The number of benzene rings is 1. The third-order valence-corrected chi connectivity index (χ3v) is 5.13. The van der Waals surface area contributed by atoms with E-state index in [1.54, 1.807) is 12.3 Å². The fraction of sp³-hybridized carbons (Fsp3) is 0.316. The van der Waals surface area contributed by atoms with E-state index in [9.17, 15) is 9.18 Å². The largest absolute Gasteiger partial charge is 0.368 e. The van der Waals surface area contributed by atoms with Crippen LogP contribution in [0.15, 0.2) is 30.5 Å². The van der Waals surface area contributed by atoms with Crippen molar-refractivity contribution in [2.24, 2.45) is 0 Å². The van der Waals surface area contributed by atoms with Crippen LogP contribution < -0.4 is 5.73 Å². The number of nitrogens with two attached hydrogens (primary N) is 1. The molecular formula is C19H20FN5O. The van der Waals surface area contributed by atoms with Gasteiger partial charge in [-0.3, -0.25) is 4.79 Å². The molecule has 3 N–H and O–H groups in total. The van der Waals surface area contributed by atoms with E-state index in [1.165, 1.54) is 12.1 Å². The number of nitrogens with zero attached hydrogens (tertiary/aromatic N) is 3. The summed E-state index contributed by atoms with van der Waals surface area (Å²) in [5, 5.41) is 0.750. The zero-order valence-electron chi connectivity index (χ0n) is 14.5. The van der Waals surface area contributed by atoms with Crippen molar-refractivity contribution in [2.75, 3.05) is 18.8 Å². The third-order valence-electron chi connectivity index (χ3n) is 5.13. The number of amides is 1. The van der Waals surface area contributed by atoms with Crippen LogP contribution >= 0.6 is 0 Å². The molecule has 0 atom stereocenters. The lowest BCUT2D eigenvalue weighted by molar-refractivity contribution is 0.0706. The Kier molecular flexibility index (Phi) is 4.06. The first kappa shape index (κ1) is 16.5. The van der Waals surface area contributed by atoms with Crippen molar-refractivity contribution in [3.8, 4) is 0 Å². The van der Waals surface area contributed by atoms with E-state index in [4.69, 9.17) is 5.73 Å². The third kappa shape index (κ3) is 2.89. The molecule has 6 nitrogen and oxygen atoms in total. The van der Waals surface area contributed by atoms with E-state index in [0.29, 0.717) is 18.8 Å². The zero-order valence-corrected chi connectivity index (χ0v) is 14.5. The molecule has 1 amide bonds. The summed E-state index contributed by atoms with van der Waals surface area (Å²) in [5.41, 5.74) is 8.70. The van der Waals surface area contributed by atoms with Gasteiger partial charge in [0.25, 0.3) is 5.91 Å². The fourth-order valence-electron chi connectivity index (χ4n) is 3.66. The number of halogens is 1. The number of carbonyl (C=O) groups excluding carboxylic acids is 1. The van der Waals surface area contributed by atoms with E-state index in [-0.39, 0.29) is 23.6 Å². The fourth-order valence-corrected chi connectivity index (χ4v) is 3.66. The summed E-state index contributed by atoms with van der Waals surface area (Å²) in [7, 11) is 0. The van der Waals surface area contributed by atoms with Crippen LogP contribution in [0.1, 0.15) is 40.5 Å².